The average Bonchev–Trinajstić information content (AvgIpc) is 2.42. The number of hydrogen-bond donors (Lipinski definition) is 1. The van der Waals surface area contributed by atoms with Crippen LogP contribution in [0.4, 0.5) is 4.39 Å². The van der Waals surface area contributed by atoms with Crippen LogP contribution in [0.3, 0.4) is 0 Å². The van der Waals surface area contributed by atoms with Gasteiger partial charge in [-0.15, -0.1) is 0 Å². The Morgan fingerprint density at radius 1 is 1.53 bits per heavy atom. The third-order valence-corrected chi connectivity index (χ3v) is 3.20. The molecule has 1 N–H and O–H groups in total. The second kappa shape index (κ2) is 6.84. The van der Waals surface area contributed by atoms with E-state index in [-0.39, 0.29) is 17.0 Å². The molecule has 0 aromatic heterocycles. The number of rotatable bonds is 4. The molecule has 104 valence electrons. The van der Waals surface area contributed by atoms with Gasteiger partial charge in [0, 0.05) is 23.6 Å². The highest BCUT2D eigenvalue weighted by Gasteiger charge is 2.17. The van der Waals surface area contributed by atoms with Crippen LogP contribution in [0, 0.1) is 5.82 Å². The molecule has 4 nitrogen and oxygen atoms in total. The number of carbonyl (C=O) groups excluding carboxylic acids is 1. The summed E-state index contributed by atoms with van der Waals surface area (Å²) >= 11 is 5.84. The van der Waals surface area contributed by atoms with Crippen LogP contribution in [-0.4, -0.2) is 18.8 Å². The summed E-state index contributed by atoms with van der Waals surface area (Å²) in [5.74, 6) is -0.960. The van der Waals surface area contributed by atoms with Gasteiger partial charge in [0.05, 0.1) is 6.42 Å². The van der Waals surface area contributed by atoms with Crippen molar-refractivity contribution in [1.82, 2.24) is 5.48 Å². The zero-order valence-corrected chi connectivity index (χ0v) is 11.1. The average molecular weight is 288 g/mol. The molecule has 1 aliphatic rings. The predicted octanol–water partition coefficient (Wildman–Crippen LogP) is 2.60. The van der Waals surface area contributed by atoms with E-state index in [0.717, 1.165) is 19.3 Å². The third kappa shape index (κ3) is 4.16. The Bertz CT molecular complexity index is 429. The molecule has 1 amide bonds. The van der Waals surface area contributed by atoms with Crippen LogP contribution in [0.25, 0.3) is 0 Å². The fourth-order valence-electron chi connectivity index (χ4n) is 1.83. The molecular weight excluding hydrogens is 273 g/mol. The Morgan fingerprint density at radius 3 is 3.05 bits per heavy atom. The number of hydroxylamine groups is 1. The Labute approximate surface area is 115 Å². The molecule has 0 saturated carbocycles. The lowest BCUT2D eigenvalue weighted by atomic mass is 10.1. The van der Waals surface area contributed by atoms with Crippen molar-refractivity contribution in [2.75, 3.05) is 6.61 Å². The highest BCUT2D eigenvalue weighted by Crippen LogP contribution is 2.19. The maximum atomic E-state index is 13.5. The van der Waals surface area contributed by atoms with Crippen molar-refractivity contribution in [3.8, 4) is 0 Å². The monoisotopic (exact) mass is 287 g/mol. The summed E-state index contributed by atoms with van der Waals surface area (Å²) in [6.45, 7) is 0.625. The van der Waals surface area contributed by atoms with Gasteiger partial charge >= 0.3 is 0 Å². The van der Waals surface area contributed by atoms with Crippen molar-refractivity contribution in [3.05, 3.63) is 34.6 Å². The van der Waals surface area contributed by atoms with E-state index in [1.165, 1.54) is 12.1 Å². The fraction of sp³-hybridized carbons (Fsp3) is 0.462. The van der Waals surface area contributed by atoms with E-state index >= 15 is 0 Å². The van der Waals surface area contributed by atoms with Crippen molar-refractivity contribution < 1.29 is 18.8 Å². The van der Waals surface area contributed by atoms with Gasteiger partial charge in [-0.25, -0.2) is 14.7 Å². The molecule has 0 radical (unpaired) electrons. The summed E-state index contributed by atoms with van der Waals surface area (Å²) in [4.78, 5) is 16.8. The summed E-state index contributed by atoms with van der Waals surface area (Å²) in [6.07, 6.45) is 2.14. The van der Waals surface area contributed by atoms with Gasteiger partial charge in [0.1, 0.15) is 5.82 Å². The van der Waals surface area contributed by atoms with Gasteiger partial charge in [-0.1, -0.05) is 17.7 Å². The van der Waals surface area contributed by atoms with E-state index in [1.54, 1.807) is 6.07 Å². The topological polar surface area (TPSA) is 47.6 Å². The number of hydrogen-bond acceptors (Lipinski definition) is 3. The zero-order chi connectivity index (χ0) is 13.7. The SMILES string of the molecule is O=C(Cc1c(F)cccc1Cl)NO[C@@H]1CCCCO1. The molecule has 1 saturated heterocycles. The Hall–Kier alpha value is -1.17. The van der Waals surface area contributed by atoms with E-state index in [9.17, 15) is 9.18 Å². The number of amides is 1. The van der Waals surface area contributed by atoms with Crippen LogP contribution in [0.2, 0.25) is 5.02 Å². The second-order valence-corrected chi connectivity index (χ2v) is 4.72. The van der Waals surface area contributed by atoms with Crippen LogP contribution in [0.5, 0.6) is 0 Å². The summed E-state index contributed by atoms with van der Waals surface area (Å²) < 4.78 is 18.8. The highest BCUT2D eigenvalue weighted by atomic mass is 35.5. The number of nitrogens with one attached hydrogen (secondary N) is 1. The molecular formula is C13H15ClFNO3. The van der Waals surface area contributed by atoms with Crippen molar-refractivity contribution >= 4 is 17.5 Å². The van der Waals surface area contributed by atoms with Crippen LogP contribution in [0.1, 0.15) is 24.8 Å². The minimum atomic E-state index is -0.503. The lowest BCUT2D eigenvalue weighted by Gasteiger charge is -2.22. The lowest BCUT2D eigenvalue weighted by molar-refractivity contribution is -0.200. The third-order valence-electron chi connectivity index (χ3n) is 2.84. The smallest absolute Gasteiger partial charge is 0.248 e. The first-order valence-corrected chi connectivity index (χ1v) is 6.53. The Kier molecular flexibility index (Phi) is 5.13. The summed E-state index contributed by atoms with van der Waals surface area (Å²) in [7, 11) is 0. The molecule has 1 heterocycles. The Morgan fingerprint density at radius 2 is 2.37 bits per heavy atom. The van der Waals surface area contributed by atoms with E-state index in [1.807, 2.05) is 0 Å². The van der Waals surface area contributed by atoms with Gasteiger partial charge in [0.2, 0.25) is 5.91 Å². The fourth-order valence-corrected chi connectivity index (χ4v) is 2.06. The normalized spacial score (nSPS) is 19.2. The lowest BCUT2D eigenvalue weighted by Crippen LogP contribution is -2.34. The molecule has 0 bridgehead atoms. The van der Waals surface area contributed by atoms with Crippen molar-refractivity contribution in [2.45, 2.75) is 32.0 Å². The van der Waals surface area contributed by atoms with Crippen LogP contribution < -0.4 is 5.48 Å². The highest BCUT2D eigenvalue weighted by molar-refractivity contribution is 6.31. The van der Waals surface area contributed by atoms with Crippen LogP contribution >= 0.6 is 11.6 Å². The number of ether oxygens (including phenoxy) is 1. The molecule has 19 heavy (non-hydrogen) atoms. The largest absolute Gasteiger partial charge is 0.350 e. The number of benzene rings is 1. The molecule has 0 aliphatic carbocycles. The number of halogens is 2. The van der Waals surface area contributed by atoms with Gasteiger partial charge in [0.25, 0.3) is 0 Å². The molecule has 1 aliphatic heterocycles. The molecule has 1 fully saturated rings. The van der Waals surface area contributed by atoms with Gasteiger partial charge in [-0.2, -0.15) is 0 Å². The maximum Gasteiger partial charge on any atom is 0.248 e. The van der Waals surface area contributed by atoms with Crippen LogP contribution in [0.15, 0.2) is 18.2 Å². The minimum absolute atomic E-state index is 0.162. The Balaban J connectivity index is 1.83. The molecule has 1 aromatic carbocycles. The van der Waals surface area contributed by atoms with Gasteiger partial charge < -0.3 is 4.74 Å². The van der Waals surface area contributed by atoms with Crippen molar-refractivity contribution in [3.63, 3.8) is 0 Å². The molecule has 1 atom stereocenters. The first-order chi connectivity index (χ1) is 9.16. The molecule has 6 heteroatoms. The first kappa shape index (κ1) is 14.2. The summed E-state index contributed by atoms with van der Waals surface area (Å²) in [5, 5.41) is 0.226. The molecule has 2 rings (SSSR count). The van der Waals surface area contributed by atoms with Crippen LogP contribution in [-0.2, 0) is 20.8 Å². The standard InChI is InChI=1S/C13H15ClFNO3/c14-10-4-3-5-11(15)9(10)8-12(17)16-19-13-6-1-2-7-18-13/h3-5,13H,1-2,6-8H2,(H,16,17)/t13-/m1/s1. The van der Waals surface area contributed by atoms with Gasteiger partial charge in [-0.05, 0) is 25.0 Å². The maximum absolute atomic E-state index is 13.5. The molecule has 0 unspecified atom stereocenters. The van der Waals surface area contributed by atoms with Gasteiger partial charge in [-0.3, -0.25) is 4.79 Å². The van der Waals surface area contributed by atoms with E-state index in [2.05, 4.69) is 5.48 Å². The predicted molar refractivity (Wildman–Crippen MR) is 67.9 cm³/mol. The van der Waals surface area contributed by atoms with E-state index < -0.39 is 18.0 Å². The van der Waals surface area contributed by atoms with Crippen molar-refractivity contribution in [2.24, 2.45) is 0 Å². The van der Waals surface area contributed by atoms with Crippen molar-refractivity contribution in [1.29, 1.82) is 0 Å². The first-order valence-electron chi connectivity index (χ1n) is 6.16. The van der Waals surface area contributed by atoms with E-state index in [4.69, 9.17) is 21.2 Å². The van der Waals surface area contributed by atoms with Gasteiger partial charge in [0.15, 0.2) is 6.29 Å². The molecule has 1 aromatic rings. The number of carbonyl (C=O) groups is 1. The second-order valence-electron chi connectivity index (χ2n) is 4.32. The zero-order valence-electron chi connectivity index (χ0n) is 10.3. The summed E-state index contributed by atoms with van der Waals surface area (Å²) in [5.41, 5.74) is 2.43. The minimum Gasteiger partial charge on any atom is -0.350 e. The summed E-state index contributed by atoms with van der Waals surface area (Å²) in [6, 6.07) is 4.30. The molecule has 0 spiro atoms. The quantitative estimate of drug-likeness (QED) is 0.866. The van der Waals surface area contributed by atoms with E-state index in [0.29, 0.717) is 6.61 Å².